The lowest BCUT2D eigenvalue weighted by Gasteiger charge is -2.24. The summed E-state index contributed by atoms with van der Waals surface area (Å²) in [6, 6.07) is 3.37. The van der Waals surface area contributed by atoms with E-state index in [0.717, 1.165) is 0 Å². The fourth-order valence-electron chi connectivity index (χ4n) is 3.86. The molecule has 0 radical (unpaired) electrons. The van der Waals surface area contributed by atoms with Gasteiger partial charge in [0.1, 0.15) is 30.6 Å². The molecule has 4 atom stereocenters. The highest BCUT2D eigenvalue weighted by Crippen LogP contribution is 2.46. The molecule has 0 saturated carbocycles. The summed E-state index contributed by atoms with van der Waals surface area (Å²) >= 11 is 0. The maximum Gasteiger partial charge on any atom is 0.509 e. The van der Waals surface area contributed by atoms with Crippen LogP contribution in [0.3, 0.4) is 0 Å². The Morgan fingerprint density at radius 1 is 1.50 bits per heavy atom. The smallest absolute Gasteiger partial charge is 0.463 e. The van der Waals surface area contributed by atoms with Crippen LogP contribution in [0.2, 0.25) is 0 Å². The van der Waals surface area contributed by atoms with Crippen molar-refractivity contribution < 1.29 is 29.9 Å². The number of nitriles is 1. The number of nitrogen functional groups attached to an aromatic ring is 1. The molecule has 2 aromatic rings. The predicted octanol–water partition coefficient (Wildman–Crippen LogP) is 1.31. The van der Waals surface area contributed by atoms with Gasteiger partial charge >= 0.3 is 12.1 Å². The third kappa shape index (κ3) is 2.91. The molecular formula is C19H21N5O6. The molecule has 4 rings (SSSR count). The first-order valence-electron chi connectivity index (χ1n) is 10.1. The van der Waals surface area contributed by atoms with Gasteiger partial charge in [0.25, 0.3) is 0 Å². The van der Waals surface area contributed by atoms with Crippen molar-refractivity contribution in [3.05, 3.63) is 24.1 Å². The SMILES string of the molecule is [2H]c1cc([C@]2(C#N)O[C@H](COC(=O)C(CC)CC)[C@H]3OC(=O)O[C@H]32)n2ncnc(N)c12. The average molecular weight is 416 g/mol. The third-order valence-electron chi connectivity index (χ3n) is 5.51. The van der Waals surface area contributed by atoms with Crippen molar-refractivity contribution in [2.24, 2.45) is 5.92 Å². The number of carbonyl (C=O) groups excluding carboxylic acids is 2. The quantitative estimate of drug-likeness (QED) is 0.682. The molecule has 0 aromatic carbocycles. The van der Waals surface area contributed by atoms with Crippen molar-refractivity contribution in [1.29, 1.82) is 5.26 Å². The van der Waals surface area contributed by atoms with Gasteiger partial charge in [-0.25, -0.2) is 14.3 Å². The number of rotatable bonds is 6. The second kappa shape index (κ2) is 7.46. The zero-order chi connectivity index (χ0) is 22.3. The highest BCUT2D eigenvalue weighted by Gasteiger charge is 2.65. The van der Waals surface area contributed by atoms with Gasteiger partial charge in [-0.15, -0.1) is 0 Å². The van der Waals surface area contributed by atoms with E-state index in [2.05, 4.69) is 10.1 Å². The second-order valence-electron chi connectivity index (χ2n) is 7.10. The number of carbonyl (C=O) groups is 2. The Hall–Kier alpha value is -3.39. The fourth-order valence-corrected chi connectivity index (χ4v) is 3.86. The lowest BCUT2D eigenvalue weighted by molar-refractivity contribution is -0.156. The summed E-state index contributed by atoms with van der Waals surface area (Å²) in [4.78, 5) is 28.1. The van der Waals surface area contributed by atoms with Gasteiger partial charge < -0.3 is 24.7 Å². The van der Waals surface area contributed by atoms with Crippen molar-refractivity contribution in [3.8, 4) is 6.07 Å². The van der Waals surface area contributed by atoms with Crippen LogP contribution in [0.5, 0.6) is 0 Å². The summed E-state index contributed by atoms with van der Waals surface area (Å²) in [5.74, 6) is -0.614. The molecule has 4 heterocycles. The van der Waals surface area contributed by atoms with Crippen LogP contribution >= 0.6 is 0 Å². The Kier molecular flexibility index (Phi) is 4.63. The van der Waals surface area contributed by atoms with Crippen LogP contribution in [0.15, 0.2) is 18.4 Å². The highest BCUT2D eigenvalue weighted by atomic mass is 16.8. The van der Waals surface area contributed by atoms with Crippen LogP contribution in [0.4, 0.5) is 10.6 Å². The number of fused-ring (bicyclic) bond motifs is 2. The van der Waals surface area contributed by atoms with E-state index >= 15 is 0 Å². The molecule has 2 N–H and O–H groups in total. The molecule has 11 nitrogen and oxygen atoms in total. The standard InChI is InChI=1S/C19H21N5O6/c1-3-10(4-2)17(25)27-7-12-14-15(29-18(26)28-14)19(8-20,30-12)13-6-5-11-16(21)22-9-23-24(11)13/h5-6,9-10,12,14-15H,3-4,7H2,1-2H3,(H2,21,22,23)/t12-,14-,15-,19+/m1/s1/i5D. The minimum absolute atomic E-state index is 0.0308. The van der Waals surface area contributed by atoms with Crippen LogP contribution in [-0.4, -0.2) is 51.6 Å². The van der Waals surface area contributed by atoms with Crippen molar-refractivity contribution in [2.75, 3.05) is 12.3 Å². The lowest BCUT2D eigenvalue weighted by Crippen LogP contribution is -2.39. The Labute approximate surface area is 173 Å². The number of ether oxygens (including phenoxy) is 4. The number of hydrogen-bond acceptors (Lipinski definition) is 10. The molecule has 2 aromatic heterocycles. The number of nitrogens with zero attached hydrogens (tertiary/aromatic N) is 4. The lowest BCUT2D eigenvalue weighted by atomic mass is 9.92. The number of esters is 1. The summed E-state index contributed by atoms with van der Waals surface area (Å²) < 4.78 is 31.3. The number of aromatic nitrogens is 3. The second-order valence-corrected chi connectivity index (χ2v) is 7.10. The van der Waals surface area contributed by atoms with E-state index in [4.69, 9.17) is 26.1 Å². The van der Waals surface area contributed by atoms with Gasteiger partial charge in [0, 0.05) is 0 Å². The van der Waals surface area contributed by atoms with Crippen molar-refractivity contribution in [1.82, 2.24) is 14.6 Å². The van der Waals surface area contributed by atoms with E-state index < -0.39 is 36.0 Å². The van der Waals surface area contributed by atoms with E-state index in [1.54, 1.807) is 0 Å². The van der Waals surface area contributed by atoms with Gasteiger partial charge in [0.05, 0.1) is 13.0 Å². The summed E-state index contributed by atoms with van der Waals surface area (Å²) in [5.41, 5.74) is 4.32. The van der Waals surface area contributed by atoms with Crippen LogP contribution in [-0.2, 0) is 29.3 Å². The molecule has 0 unspecified atom stereocenters. The van der Waals surface area contributed by atoms with Crippen molar-refractivity contribution in [3.63, 3.8) is 0 Å². The molecule has 2 aliphatic heterocycles. The van der Waals surface area contributed by atoms with Crippen molar-refractivity contribution in [2.45, 2.75) is 50.6 Å². The number of hydrogen-bond donors (Lipinski definition) is 1. The van der Waals surface area contributed by atoms with Gasteiger partial charge in [-0.3, -0.25) is 4.79 Å². The Morgan fingerprint density at radius 3 is 2.97 bits per heavy atom. The minimum Gasteiger partial charge on any atom is -0.463 e. The largest absolute Gasteiger partial charge is 0.509 e. The Morgan fingerprint density at radius 2 is 2.27 bits per heavy atom. The summed E-state index contributed by atoms with van der Waals surface area (Å²) in [6.45, 7) is 3.54. The third-order valence-corrected chi connectivity index (χ3v) is 5.51. The highest BCUT2D eigenvalue weighted by molar-refractivity contribution is 5.72. The zero-order valence-electron chi connectivity index (χ0n) is 17.4. The van der Waals surface area contributed by atoms with Crippen LogP contribution in [0.1, 0.15) is 33.8 Å². The average Bonchev–Trinajstić information content (AvgIpc) is 3.39. The normalized spacial score (nSPS) is 28.0. The molecule has 2 saturated heterocycles. The molecule has 11 heteroatoms. The topological polar surface area (TPSA) is 151 Å². The Balaban J connectivity index is 1.71. The fraction of sp³-hybridized carbons (Fsp3) is 0.526. The molecule has 0 spiro atoms. The molecule has 0 aliphatic carbocycles. The molecule has 2 aliphatic rings. The van der Waals surface area contributed by atoms with E-state index in [1.165, 1.54) is 16.9 Å². The van der Waals surface area contributed by atoms with E-state index in [0.29, 0.717) is 12.8 Å². The van der Waals surface area contributed by atoms with Crippen LogP contribution in [0, 0.1) is 17.2 Å². The Bertz CT molecular complexity index is 1080. The zero-order valence-corrected chi connectivity index (χ0v) is 16.4. The minimum atomic E-state index is -1.86. The van der Waals surface area contributed by atoms with E-state index in [9.17, 15) is 14.9 Å². The van der Waals surface area contributed by atoms with Crippen molar-refractivity contribution >= 4 is 23.5 Å². The van der Waals surface area contributed by atoms with E-state index in [-0.39, 0.29) is 35.6 Å². The first-order chi connectivity index (χ1) is 14.9. The molecule has 0 bridgehead atoms. The molecule has 0 amide bonds. The first-order valence-corrected chi connectivity index (χ1v) is 9.58. The number of nitrogens with two attached hydrogens (primary N) is 1. The van der Waals surface area contributed by atoms with Gasteiger partial charge in [-0.2, -0.15) is 10.4 Å². The molecule has 158 valence electrons. The van der Waals surface area contributed by atoms with Crippen LogP contribution < -0.4 is 5.73 Å². The summed E-state index contributed by atoms with van der Waals surface area (Å²) in [5, 5.41) is 14.2. The maximum absolute atomic E-state index is 12.3. The van der Waals surface area contributed by atoms with Crippen LogP contribution in [0.25, 0.3) is 5.52 Å². The predicted molar refractivity (Wildman–Crippen MR) is 99.7 cm³/mol. The van der Waals surface area contributed by atoms with Gasteiger partial charge in [0.15, 0.2) is 18.0 Å². The van der Waals surface area contributed by atoms with E-state index in [1.807, 2.05) is 19.9 Å². The molecule has 30 heavy (non-hydrogen) atoms. The monoisotopic (exact) mass is 416 g/mol. The first kappa shape index (κ1) is 18.6. The maximum atomic E-state index is 12.3. The molecular weight excluding hydrogens is 394 g/mol. The number of anilines is 1. The van der Waals surface area contributed by atoms with Gasteiger partial charge in [-0.1, -0.05) is 13.8 Å². The summed E-state index contributed by atoms with van der Waals surface area (Å²) in [6.07, 6.45) is -1.64. The van der Waals surface area contributed by atoms with Gasteiger partial charge in [-0.05, 0) is 25.0 Å². The summed E-state index contributed by atoms with van der Waals surface area (Å²) in [7, 11) is 0. The molecule has 2 fully saturated rings. The van der Waals surface area contributed by atoms with Gasteiger partial charge in [0.2, 0.25) is 5.60 Å².